The predicted molar refractivity (Wildman–Crippen MR) is 113 cm³/mol. The molecule has 0 aromatic heterocycles. The molecule has 0 saturated heterocycles. The van der Waals surface area contributed by atoms with E-state index in [2.05, 4.69) is 5.32 Å². The van der Waals surface area contributed by atoms with E-state index in [0.29, 0.717) is 35.8 Å². The Morgan fingerprint density at radius 2 is 1.63 bits per heavy atom. The zero-order chi connectivity index (χ0) is 21.4. The van der Waals surface area contributed by atoms with Crippen LogP contribution in [0.3, 0.4) is 0 Å². The average molecular weight is 431 g/mol. The van der Waals surface area contributed by atoms with Crippen molar-refractivity contribution in [2.75, 3.05) is 18.4 Å². The standard InChI is InChI=1S/C22H26N2O5S/c1-3-24(4-2)30(26,27)18-10-7-16(8-11-18)21(25)23-17-9-12-19-20(15-17)29-22(28-19)13-5-6-14-22/h7-12,15H,3-6,13-14H2,1-2H3,(H,23,25). The molecule has 1 saturated carbocycles. The summed E-state index contributed by atoms with van der Waals surface area (Å²) in [6, 6.07) is 11.3. The van der Waals surface area contributed by atoms with Gasteiger partial charge in [-0.15, -0.1) is 0 Å². The number of carbonyl (C=O) groups excluding carboxylic acids is 1. The average Bonchev–Trinajstić information content (AvgIpc) is 3.34. The van der Waals surface area contributed by atoms with Gasteiger partial charge >= 0.3 is 0 Å². The van der Waals surface area contributed by atoms with E-state index in [0.717, 1.165) is 25.7 Å². The van der Waals surface area contributed by atoms with Crippen molar-refractivity contribution in [3.8, 4) is 11.5 Å². The van der Waals surface area contributed by atoms with Crippen LogP contribution < -0.4 is 14.8 Å². The first-order valence-electron chi connectivity index (χ1n) is 10.3. The molecule has 1 aliphatic carbocycles. The second kappa shape index (κ2) is 7.92. The molecular weight excluding hydrogens is 404 g/mol. The highest BCUT2D eigenvalue weighted by Gasteiger charge is 2.44. The van der Waals surface area contributed by atoms with E-state index >= 15 is 0 Å². The van der Waals surface area contributed by atoms with Gasteiger partial charge in [0.1, 0.15) is 0 Å². The van der Waals surface area contributed by atoms with E-state index < -0.39 is 15.8 Å². The number of hydrogen-bond acceptors (Lipinski definition) is 5. The van der Waals surface area contributed by atoms with Gasteiger partial charge in [-0.25, -0.2) is 8.42 Å². The third-order valence-corrected chi connectivity index (χ3v) is 7.68. The van der Waals surface area contributed by atoms with Crippen molar-refractivity contribution in [3.05, 3.63) is 48.0 Å². The zero-order valence-corrected chi connectivity index (χ0v) is 18.0. The van der Waals surface area contributed by atoms with Crippen LogP contribution in [-0.2, 0) is 10.0 Å². The lowest BCUT2D eigenvalue weighted by molar-refractivity contribution is -0.0716. The van der Waals surface area contributed by atoms with Crippen LogP contribution in [0, 0.1) is 0 Å². The van der Waals surface area contributed by atoms with E-state index in [1.54, 1.807) is 32.0 Å². The summed E-state index contributed by atoms with van der Waals surface area (Å²) in [5.41, 5.74) is 0.968. The van der Waals surface area contributed by atoms with Crippen LogP contribution in [-0.4, -0.2) is 37.5 Å². The molecule has 7 nitrogen and oxygen atoms in total. The molecule has 1 N–H and O–H groups in total. The summed E-state index contributed by atoms with van der Waals surface area (Å²) < 4.78 is 38.6. The number of fused-ring (bicyclic) bond motifs is 1. The molecule has 4 rings (SSSR count). The predicted octanol–water partition coefficient (Wildman–Crippen LogP) is 4.01. The van der Waals surface area contributed by atoms with Crippen LogP contribution in [0.5, 0.6) is 11.5 Å². The summed E-state index contributed by atoms with van der Waals surface area (Å²) in [4.78, 5) is 12.8. The Hall–Kier alpha value is -2.58. The first-order valence-corrected chi connectivity index (χ1v) is 11.7. The van der Waals surface area contributed by atoms with Gasteiger partial charge in [-0.3, -0.25) is 4.79 Å². The van der Waals surface area contributed by atoms with Crippen LogP contribution in [0.15, 0.2) is 47.4 Å². The van der Waals surface area contributed by atoms with Gasteiger partial charge in [-0.2, -0.15) is 4.31 Å². The number of nitrogens with zero attached hydrogens (tertiary/aromatic N) is 1. The Labute approximate surface area is 177 Å². The van der Waals surface area contributed by atoms with E-state index in [1.807, 2.05) is 0 Å². The van der Waals surface area contributed by atoms with Gasteiger partial charge in [0.15, 0.2) is 11.5 Å². The van der Waals surface area contributed by atoms with Crippen molar-refractivity contribution in [1.29, 1.82) is 0 Å². The maximum absolute atomic E-state index is 12.6. The summed E-state index contributed by atoms with van der Waals surface area (Å²) in [6.07, 6.45) is 3.90. The van der Waals surface area contributed by atoms with Crippen LogP contribution in [0.25, 0.3) is 0 Å². The first kappa shape index (κ1) is 20.7. The van der Waals surface area contributed by atoms with Gasteiger partial charge < -0.3 is 14.8 Å². The molecule has 1 fully saturated rings. The highest BCUT2D eigenvalue weighted by molar-refractivity contribution is 7.89. The minimum atomic E-state index is -3.55. The molecule has 160 valence electrons. The highest BCUT2D eigenvalue weighted by Crippen LogP contribution is 2.47. The van der Waals surface area contributed by atoms with Crippen molar-refractivity contribution in [1.82, 2.24) is 4.31 Å². The molecule has 8 heteroatoms. The lowest BCUT2D eigenvalue weighted by atomic mass is 10.2. The Bertz CT molecular complexity index is 1040. The van der Waals surface area contributed by atoms with Crippen LogP contribution in [0.2, 0.25) is 0 Å². The number of nitrogens with one attached hydrogen (secondary N) is 1. The van der Waals surface area contributed by atoms with Crippen molar-refractivity contribution in [2.24, 2.45) is 0 Å². The molecule has 2 aliphatic rings. The van der Waals surface area contributed by atoms with Crippen molar-refractivity contribution < 1.29 is 22.7 Å². The van der Waals surface area contributed by atoms with Gasteiger partial charge in [-0.1, -0.05) is 13.8 Å². The van der Waals surface area contributed by atoms with Crippen LogP contribution >= 0.6 is 0 Å². The van der Waals surface area contributed by atoms with Gasteiger partial charge in [0.05, 0.1) is 4.90 Å². The van der Waals surface area contributed by atoms with Crippen LogP contribution in [0.1, 0.15) is 49.9 Å². The summed E-state index contributed by atoms with van der Waals surface area (Å²) in [6.45, 7) is 4.38. The number of ether oxygens (including phenoxy) is 2. The Balaban J connectivity index is 1.46. The molecule has 1 aliphatic heterocycles. The fourth-order valence-electron chi connectivity index (χ4n) is 3.98. The molecule has 1 spiro atoms. The van der Waals surface area contributed by atoms with Crippen LogP contribution in [0.4, 0.5) is 5.69 Å². The summed E-state index contributed by atoms with van der Waals surface area (Å²) in [5.74, 6) is 0.462. The fraction of sp³-hybridized carbons (Fsp3) is 0.409. The molecule has 30 heavy (non-hydrogen) atoms. The lowest BCUT2D eigenvalue weighted by Crippen LogP contribution is -2.34. The Kier molecular flexibility index (Phi) is 5.46. The SMILES string of the molecule is CCN(CC)S(=O)(=O)c1ccc(C(=O)Nc2ccc3c(c2)OC2(CCCC2)O3)cc1. The normalized spacial score (nSPS) is 16.9. The molecule has 0 unspecified atom stereocenters. The van der Waals surface area contributed by atoms with Crippen molar-refractivity contribution in [3.63, 3.8) is 0 Å². The second-order valence-electron chi connectivity index (χ2n) is 7.55. The van der Waals surface area contributed by atoms with Crippen molar-refractivity contribution >= 4 is 21.6 Å². The fourth-order valence-corrected chi connectivity index (χ4v) is 5.44. The Morgan fingerprint density at radius 1 is 1.00 bits per heavy atom. The monoisotopic (exact) mass is 430 g/mol. The quantitative estimate of drug-likeness (QED) is 0.748. The minimum Gasteiger partial charge on any atom is -0.448 e. The molecule has 0 radical (unpaired) electrons. The topological polar surface area (TPSA) is 84.9 Å². The molecule has 1 amide bonds. The molecule has 0 atom stereocenters. The van der Waals surface area contributed by atoms with Gasteiger partial charge in [-0.05, 0) is 49.2 Å². The van der Waals surface area contributed by atoms with Gasteiger partial charge in [0.2, 0.25) is 10.0 Å². The highest BCUT2D eigenvalue weighted by atomic mass is 32.2. The van der Waals surface area contributed by atoms with E-state index in [9.17, 15) is 13.2 Å². The van der Waals surface area contributed by atoms with E-state index in [4.69, 9.17) is 9.47 Å². The zero-order valence-electron chi connectivity index (χ0n) is 17.2. The number of amides is 1. The summed E-state index contributed by atoms with van der Waals surface area (Å²) in [7, 11) is -3.55. The molecular formula is C22H26N2O5S. The maximum Gasteiger partial charge on any atom is 0.255 e. The largest absolute Gasteiger partial charge is 0.448 e. The minimum absolute atomic E-state index is 0.174. The third-order valence-electron chi connectivity index (χ3n) is 5.62. The molecule has 1 heterocycles. The molecule has 0 bridgehead atoms. The lowest BCUT2D eigenvalue weighted by Gasteiger charge is -2.21. The summed E-state index contributed by atoms with van der Waals surface area (Å²) >= 11 is 0. The molecule has 2 aromatic carbocycles. The van der Waals surface area contributed by atoms with Crippen molar-refractivity contribution in [2.45, 2.75) is 50.2 Å². The number of carbonyl (C=O) groups is 1. The number of benzene rings is 2. The number of sulfonamides is 1. The molecule has 2 aromatic rings. The maximum atomic E-state index is 12.6. The number of hydrogen-bond donors (Lipinski definition) is 1. The van der Waals surface area contributed by atoms with Gasteiger partial charge in [0.25, 0.3) is 11.7 Å². The smallest absolute Gasteiger partial charge is 0.255 e. The van der Waals surface area contributed by atoms with E-state index in [-0.39, 0.29) is 10.8 Å². The third kappa shape index (κ3) is 3.77. The van der Waals surface area contributed by atoms with E-state index in [1.165, 1.54) is 28.6 Å². The summed E-state index contributed by atoms with van der Waals surface area (Å²) in [5, 5.41) is 2.84. The number of anilines is 1. The first-order chi connectivity index (χ1) is 14.4. The Morgan fingerprint density at radius 3 is 2.27 bits per heavy atom. The number of rotatable bonds is 6. The van der Waals surface area contributed by atoms with Gasteiger partial charge in [0, 0.05) is 43.2 Å². The second-order valence-corrected chi connectivity index (χ2v) is 9.49.